The lowest BCUT2D eigenvalue weighted by Crippen LogP contribution is -2.56. The molecular formula is C27H39F3N6O2S. The molecule has 0 spiro atoms. The molecular weight excluding hydrogens is 529 g/mol. The van der Waals surface area contributed by atoms with Gasteiger partial charge in [-0.1, -0.05) is 19.1 Å². The summed E-state index contributed by atoms with van der Waals surface area (Å²) in [5.74, 6) is 0.200. The van der Waals surface area contributed by atoms with Crippen molar-refractivity contribution in [2.45, 2.75) is 55.8 Å². The summed E-state index contributed by atoms with van der Waals surface area (Å²) in [4.78, 5) is 8.55. The average Bonchev–Trinajstić information content (AvgIpc) is 2.94. The molecule has 0 radical (unpaired) electrons. The number of pyridine rings is 1. The highest BCUT2D eigenvalue weighted by molar-refractivity contribution is 7.89. The molecule has 2 unspecified atom stereocenters. The molecule has 2 aliphatic rings. The van der Waals surface area contributed by atoms with Crippen LogP contribution in [0.2, 0.25) is 0 Å². The van der Waals surface area contributed by atoms with E-state index >= 15 is 0 Å². The summed E-state index contributed by atoms with van der Waals surface area (Å²) in [5, 5.41) is 3.49. The maximum absolute atomic E-state index is 13.3. The number of nitrogens with two attached hydrogens (primary N) is 1. The Morgan fingerprint density at radius 2 is 1.82 bits per heavy atom. The van der Waals surface area contributed by atoms with Crippen molar-refractivity contribution < 1.29 is 21.6 Å². The van der Waals surface area contributed by atoms with Gasteiger partial charge in [0.15, 0.2) is 0 Å². The van der Waals surface area contributed by atoms with Crippen LogP contribution in [-0.4, -0.2) is 87.0 Å². The second-order valence-corrected chi connectivity index (χ2v) is 12.2. The van der Waals surface area contributed by atoms with Crippen LogP contribution in [0.25, 0.3) is 0 Å². The van der Waals surface area contributed by atoms with Crippen LogP contribution in [0.5, 0.6) is 0 Å². The van der Waals surface area contributed by atoms with E-state index in [0.717, 1.165) is 69.2 Å². The molecule has 4 rings (SSSR count). The van der Waals surface area contributed by atoms with Gasteiger partial charge in [0.1, 0.15) is 5.82 Å². The minimum absolute atomic E-state index is 0.173. The van der Waals surface area contributed by atoms with Gasteiger partial charge >= 0.3 is 6.18 Å². The third kappa shape index (κ3) is 7.29. The number of rotatable bonds is 10. The SMILES string of the molecule is CCC(CCCN)N1CCNCC1Cc1ccc(S(=O)(=O)N2CCN(c3cc(C(F)(F)F)ccn3)CC2)cc1. The molecule has 216 valence electrons. The fraction of sp³-hybridized carbons (Fsp3) is 0.593. The van der Waals surface area contributed by atoms with Crippen LogP contribution >= 0.6 is 0 Å². The number of aromatic nitrogens is 1. The number of nitrogens with zero attached hydrogens (tertiary/aromatic N) is 4. The molecule has 0 bridgehead atoms. The summed E-state index contributed by atoms with van der Waals surface area (Å²) in [7, 11) is -3.72. The largest absolute Gasteiger partial charge is 0.416 e. The van der Waals surface area contributed by atoms with Crippen molar-refractivity contribution in [2.24, 2.45) is 5.73 Å². The van der Waals surface area contributed by atoms with E-state index in [1.165, 1.54) is 4.31 Å². The first-order chi connectivity index (χ1) is 18.6. The van der Waals surface area contributed by atoms with E-state index in [2.05, 4.69) is 22.1 Å². The number of hydrogen-bond acceptors (Lipinski definition) is 7. The lowest BCUT2D eigenvalue weighted by atomic mass is 9.98. The Labute approximate surface area is 229 Å². The van der Waals surface area contributed by atoms with Gasteiger partial charge in [0, 0.05) is 64.1 Å². The summed E-state index contributed by atoms with van der Waals surface area (Å²) in [6.45, 7) is 6.63. The average molecular weight is 569 g/mol. The maximum atomic E-state index is 13.3. The van der Waals surface area contributed by atoms with Crippen molar-refractivity contribution in [3.63, 3.8) is 0 Å². The predicted octanol–water partition coefficient (Wildman–Crippen LogP) is 2.95. The van der Waals surface area contributed by atoms with Gasteiger partial charge in [-0.05, 0) is 62.1 Å². The fourth-order valence-corrected chi connectivity index (χ4v) is 6.97. The lowest BCUT2D eigenvalue weighted by molar-refractivity contribution is -0.137. The number of sulfonamides is 1. The number of hydrogen-bond donors (Lipinski definition) is 2. The second-order valence-electron chi connectivity index (χ2n) is 10.2. The van der Waals surface area contributed by atoms with Crippen LogP contribution in [0.1, 0.15) is 37.3 Å². The van der Waals surface area contributed by atoms with Crippen LogP contribution in [0, 0.1) is 0 Å². The molecule has 3 N–H and O–H groups in total. The molecule has 0 saturated carbocycles. The molecule has 2 atom stereocenters. The van der Waals surface area contributed by atoms with E-state index < -0.39 is 21.8 Å². The Bertz CT molecular complexity index is 1170. The molecule has 39 heavy (non-hydrogen) atoms. The van der Waals surface area contributed by atoms with Crippen molar-refractivity contribution in [3.8, 4) is 0 Å². The monoisotopic (exact) mass is 568 g/mol. The normalized spacial score (nSPS) is 20.7. The van der Waals surface area contributed by atoms with Crippen molar-refractivity contribution in [3.05, 3.63) is 53.7 Å². The minimum atomic E-state index is -4.46. The first kappa shape index (κ1) is 29.7. The summed E-state index contributed by atoms with van der Waals surface area (Å²) in [5.41, 5.74) is 6.07. The molecule has 2 aliphatic heterocycles. The third-order valence-corrected chi connectivity index (χ3v) is 9.66. The Kier molecular flexibility index (Phi) is 9.87. The number of alkyl halides is 3. The minimum Gasteiger partial charge on any atom is -0.354 e. The number of nitrogens with one attached hydrogen (secondary N) is 1. The van der Waals surface area contributed by atoms with Crippen LogP contribution in [0.3, 0.4) is 0 Å². The van der Waals surface area contributed by atoms with E-state index in [1.807, 2.05) is 12.1 Å². The zero-order valence-electron chi connectivity index (χ0n) is 22.4. The standard InChI is InChI=1S/C27H39F3N6O2S/c1-2-23(4-3-10-31)36-13-12-32-20-24(36)18-21-5-7-25(8-6-21)39(37,38)35-16-14-34(15-17-35)26-19-22(9-11-33-26)27(28,29)30/h5-9,11,19,23-24,32H,2-4,10,12-18,20,31H2,1H3. The smallest absolute Gasteiger partial charge is 0.354 e. The van der Waals surface area contributed by atoms with E-state index in [0.29, 0.717) is 18.6 Å². The van der Waals surface area contributed by atoms with Gasteiger partial charge in [0.25, 0.3) is 0 Å². The van der Waals surface area contributed by atoms with Gasteiger partial charge in [-0.15, -0.1) is 0 Å². The van der Waals surface area contributed by atoms with Gasteiger partial charge in [0.2, 0.25) is 10.0 Å². The first-order valence-electron chi connectivity index (χ1n) is 13.7. The number of anilines is 1. The van der Waals surface area contributed by atoms with E-state index in [4.69, 9.17) is 5.73 Å². The van der Waals surface area contributed by atoms with Gasteiger partial charge in [0.05, 0.1) is 10.5 Å². The van der Waals surface area contributed by atoms with Crippen LogP contribution in [0.15, 0.2) is 47.5 Å². The van der Waals surface area contributed by atoms with Crippen LogP contribution in [0.4, 0.5) is 19.0 Å². The molecule has 2 fully saturated rings. The van der Waals surface area contributed by atoms with Crippen molar-refractivity contribution in [2.75, 3.05) is 57.3 Å². The van der Waals surface area contributed by atoms with Crippen molar-refractivity contribution in [1.82, 2.24) is 19.5 Å². The first-order valence-corrected chi connectivity index (χ1v) is 15.1. The molecule has 0 aliphatic carbocycles. The Morgan fingerprint density at radius 3 is 2.46 bits per heavy atom. The highest BCUT2D eigenvalue weighted by Crippen LogP contribution is 2.31. The zero-order chi connectivity index (χ0) is 28.0. The van der Waals surface area contributed by atoms with Crippen LogP contribution < -0.4 is 16.0 Å². The van der Waals surface area contributed by atoms with Crippen LogP contribution in [-0.2, 0) is 22.6 Å². The number of halogens is 3. The molecule has 2 aromatic rings. The molecule has 1 aromatic heterocycles. The summed E-state index contributed by atoms with van der Waals surface area (Å²) >= 11 is 0. The molecule has 2 saturated heterocycles. The van der Waals surface area contributed by atoms with Gasteiger partial charge in [-0.25, -0.2) is 13.4 Å². The van der Waals surface area contributed by atoms with Gasteiger partial charge in [-0.3, -0.25) is 4.90 Å². The summed E-state index contributed by atoms with van der Waals surface area (Å²) in [6.07, 6.45) is 0.668. The predicted molar refractivity (Wildman–Crippen MR) is 146 cm³/mol. The zero-order valence-corrected chi connectivity index (χ0v) is 23.2. The molecule has 12 heteroatoms. The Hall–Kier alpha value is -2.25. The Morgan fingerprint density at radius 1 is 1.10 bits per heavy atom. The van der Waals surface area contributed by atoms with E-state index in [1.54, 1.807) is 17.0 Å². The Balaban J connectivity index is 1.38. The summed E-state index contributed by atoms with van der Waals surface area (Å²) in [6, 6.07) is 9.88. The highest BCUT2D eigenvalue weighted by Gasteiger charge is 2.33. The van der Waals surface area contributed by atoms with Gasteiger partial charge in [-0.2, -0.15) is 17.5 Å². The number of piperazine rings is 2. The quantitative estimate of drug-likeness (QED) is 0.455. The maximum Gasteiger partial charge on any atom is 0.416 e. The third-order valence-electron chi connectivity index (χ3n) is 7.75. The summed E-state index contributed by atoms with van der Waals surface area (Å²) < 4.78 is 67.2. The fourth-order valence-electron chi connectivity index (χ4n) is 5.55. The molecule has 0 amide bonds. The topological polar surface area (TPSA) is 94.8 Å². The second kappa shape index (κ2) is 12.9. The van der Waals surface area contributed by atoms with E-state index in [9.17, 15) is 21.6 Å². The van der Waals surface area contributed by atoms with Crippen molar-refractivity contribution in [1.29, 1.82) is 0 Å². The highest BCUT2D eigenvalue weighted by atomic mass is 32.2. The molecule has 1 aromatic carbocycles. The van der Waals surface area contributed by atoms with Crippen molar-refractivity contribution >= 4 is 15.8 Å². The number of benzene rings is 1. The lowest BCUT2D eigenvalue weighted by Gasteiger charge is -2.41. The molecule has 8 nitrogen and oxygen atoms in total. The molecule has 3 heterocycles. The van der Waals surface area contributed by atoms with E-state index in [-0.39, 0.29) is 36.9 Å². The van der Waals surface area contributed by atoms with Gasteiger partial charge < -0.3 is 16.0 Å².